The van der Waals surface area contributed by atoms with E-state index in [9.17, 15) is 4.79 Å². The quantitative estimate of drug-likeness (QED) is 0.909. The van der Waals surface area contributed by atoms with Crippen LogP contribution in [0.3, 0.4) is 0 Å². The zero-order chi connectivity index (χ0) is 15.7. The van der Waals surface area contributed by atoms with Crippen molar-refractivity contribution in [2.45, 2.75) is 46.0 Å². The van der Waals surface area contributed by atoms with Crippen LogP contribution in [0.2, 0.25) is 0 Å². The molecule has 2 aromatic heterocycles. The second-order valence-corrected chi connectivity index (χ2v) is 6.91. The molecule has 0 saturated heterocycles. The number of nitrogens with one attached hydrogen (secondary N) is 2. The smallest absolute Gasteiger partial charge is 0.322 e. The average Bonchev–Trinajstić information content (AvgIpc) is 2.98. The van der Waals surface area contributed by atoms with E-state index in [1.165, 1.54) is 4.88 Å². The van der Waals surface area contributed by atoms with Crippen LogP contribution in [0.25, 0.3) is 0 Å². The molecule has 2 N–H and O–H groups in total. The lowest BCUT2D eigenvalue weighted by molar-refractivity contribution is 0.250. The Morgan fingerprint density at radius 3 is 2.91 bits per heavy atom. The van der Waals surface area contributed by atoms with Crippen molar-refractivity contribution in [2.75, 3.05) is 11.9 Å². The van der Waals surface area contributed by atoms with Gasteiger partial charge in [0, 0.05) is 17.3 Å². The van der Waals surface area contributed by atoms with E-state index in [0.29, 0.717) is 18.2 Å². The summed E-state index contributed by atoms with van der Waals surface area (Å²) in [5.74, 6) is 1.01. The molecule has 1 aliphatic rings. The van der Waals surface area contributed by atoms with Gasteiger partial charge in [-0.15, -0.1) is 11.3 Å². The predicted octanol–water partition coefficient (Wildman–Crippen LogP) is 3.30. The van der Waals surface area contributed by atoms with Crippen LogP contribution in [-0.4, -0.2) is 22.5 Å². The summed E-state index contributed by atoms with van der Waals surface area (Å²) in [5.41, 5.74) is 1.95. The lowest BCUT2D eigenvalue weighted by Crippen LogP contribution is -2.33. The lowest BCUT2D eigenvalue weighted by Gasteiger charge is -2.21. The van der Waals surface area contributed by atoms with Gasteiger partial charge in [0.1, 0.15) is 5.76 Å². The van der Waals surface area contributed by atoms with Gasteiger partial charge in [-0.1, -0.05) is 0 Å². The van der Waals surface area contributed by atoms with Crippen LogP contribution in [0.4, 0.5) is 10.8 Å². The minimum absolute atomic E-state index is 0.237. The van der Waals surface area contributed by atoms with Gasteiger partial charge in [0.25, 0.3) is 0 Å². The van der Waals surface area contributed by atoms with Crippen LogP contribution in [0.15, 0.2) is 4.42 Å². The third-order valence-corrected chi connectivity index (χ3v) is 4.98. The van der Waals surface area contributed by atoms with Crippen molar-refractivity contribution in [3.63, 3.8) is 0 Å². The predicted molar refractivity (Wildman–Crippen MR) is 85.5 cm³/mol. The number of hydrogen-bond acceptors (Lipinski definition) is 5. The molecule has 1 atom stereocenters. The molecule has 1 aliphatic carbocycles. The number of urea groups is 1. The summed E-state index contributed by atoms with van der Waals surface area (Å²) in [6.07, 6.45) is 3.33. The molecule has 2 amide bonds. The molecule has 3 rings (SSSR count). The zero-order valence-corrected chi connectivity index (χ0v) is 13.8. The Hall–Kier alpha value is -1.89. The van der Waals surface area contributed by atoms with E-state index in [-0.39, 0.29) is 12.0 Å². The van der Waals surface area contributed by atoms with Crippen molar-refractivity contribution < 1.29 is 9.21 Å². The van der Waals surface area contributed by atoms with Crippen molar-refractivity contribution in [1.82, 2.24) is 15.3 Å². The highest BCUT2D eigenvalue weighted by Crippen LogP contribution is 2.34. The highest BCUT2D eigenvalue weighted by molar-refractivity contribution is 7.11. The van der Waals surface area contributed by atoms with E-state index in [1.54, 1.807) is 11.3 Å². The number of amides is 2. The summed E-state index contributed by atoms with van der Waals surface area (Å²) in [6, 6.07) is -0.0540. The SMILES string of the molecule is Cc1nc2c(s1)CCC[C@@H]2CNC(=O)Nc1nc(C)c(C)o1. The van der Waals surface area contributed by atoms with Gasteiger partial charge in [-0.2, -0.15) is 4.98 Å². The number of carbonyl (C=O) groups is 1. The van der Waals surface area contributed by atoms with Crippen LogP contribution in [0.1, 0.15) is 45.8 Å². The molecule has 0 aliphatic heterocycles. The van der Waals surface area contributed by atoms with Crippen LogP contribution < -0.4 is 10.6 Å². The summed E-state index contributed by atoms with van der Waals surface area (Å²) in [6.45, 7) is 6.28. The number of carbonyl (C=O) groups excluding carboxylic acids is 1. The van der Waals surface area contributed by atoms with Crippen molar-refractivity contribution >= 4 is 23.4 Å². The highest BCUT2D eigenvalue weighted by atomic mass is 32.1. The Balaban J connectivity index is 1.57. The van der Waals surface area contributed by atoms with E-state index in [1.807, 2.05) is 20.8 Å². The van der Waals surface area contributed by atoms with Crippen LogP contribution in [-0.2, 0) is 6.42 Å². The van der Waals surface area contributed by atoms with Crippen LogP contribution in [0, 0.1) is 20.8 Å². The number of rotatable bonds is 3. The lowest BCUT2D eigenvalue weighted by atomic mass is 9.91. The number of fused-ring (bicyclic) bond motifs is 1. The Labute approximate surface area is 133 Å². The third kappa shape index (κ3) is 3.14. The average molecular weight is 320 g/mol. The number of nitrogens with zero attached hydrogens (tertiary/aromatic N) is 2. The van der Waals surface area contributed by atoms with Gasteiger partial charge in [-0.25, -0.2) is 9.78 Å². The Kier molecular flexibility index (Phi) is 4.15. The second-order valence-electron chi connectivity index (χ2n) is 5.63. The number of hydrogen-bond donors (Lipinski definition) is 2. The molecule has 22 heavy (non-hydrogen) atoms. The molecule has 0 saturated carbocycles. The first-order valence-electron chi connectivity index (χ1n) is 7.48. The van der Waals surface area contributed by atoms with Gasteiger partial charge in [0.15, 0.2) is 0 Å². The topological polar surface area (TPSA) is 80.0 Å². The number of thiazole rings is 1. The summed E-state index contributed by atoms with van der Waals surface area (Å²) in [5, 5.41) is 6.62. The minimum Gasteiger partial charge on any atom is -0.428 e. The van der Waals surface area contributed by atoms with E-state index >= 15 is 0 Å². The molecule has 0 unspecified atom stereocenters. The van der Waals surface area contributed by atoms with E-state index < -0.39 is 0 Å². The molecule has 118 valence electrons. The van der Waals surface area contributed by atoms with Gasteiger partial charge in [-0.3, -0.25) is 5.32 Å². The van der Waals surface area contributed by atoms with E-state index in [2.05, 4.69) is 20.6 Å². The molecule has 7 heteroatoms. The molecule has 2 aromatic rings. The maximum Gasteiger partial charge on any atom is 0.322 e. The summed E-state index contributed by atoms with van der Waals surface area (Å²) in [7, 11) is 0. The molecular weight excluding hydrogens is 300 g/mol. The van der Waals surface area contributed by atoms with Crippen LogP contribution in [0.5, 0.6) is 0 Å². The highest BCUT2D eigenvalue weighted by Gasteiger charge is 2.24. The first-order chi connectivity index (χ1) is 10.5. The Morgan fingerprint density at radius 2 is 2.18 bits per heavy atom. The summed E-state index contributed by atoms with van der Waals surface area (Å²) >= 11 is 1.77. The summed E-state index contributed by atoms with van der Waals surface area (Å²) < 4.78 is 5.34. The fourth-order valence-corrected chi connectivity index (χ4v) is 3.78. The molecule has 0 spiro atoms. The Morgan fingerprint density at radius 1 is 1.36 bits per heavy atom. The maximum atomic E-state index is 12.0. The molecular formula is C15H20N4O2S. The summed E-state index contributed by atoms with van der Waals surface area (Å²) in [4.78, 5) is 22.1. The fourth-order valence-electron chi connectivity index (χ4n) is 2.71. The van der Waals surface area contributed by atoms with Crippen molar-refractivity contribution in [3.8, 4) is 0 Å². The maximum absolute atomic E-state index is 12.0. The van der Waals surface area contributed by atoms with Crippen LogP contribution >= 0.6 is 11.3 Å². The normalized spacial score (nSPS) is 17.1. The van der Waals surface area contributed by atoms with Gasteiger partial charge in [0.05, 0.1) is 16.4 Å². The number of oxazole rings is 1. The first-order valence-corrected chi connectivity index (χ1v) is 8.29. The number of aryl methyl sites for hydroxylation is 4. The zero-order valence-electron chi connectivity index (χ0n) is 13.0. The molecule has 0 bridgehead atoms. The molecule has 0 aromatic carbocycles. The Bertz CT molecular complexity index is 672. The van der Waals surface area contributed by atoms with Gasteiger partial charge in [-0.05, 0) is 40.0 Å². The number of anilines is 1. The van der Waals surface area contributed by atoms with Gasteiger partial charge < -0.3 is 9.73 Å². The van der Waals surface area contributed by atoms with E-state index in [0.717, 1.165) is 35.7 Å². The molecule has 0 radical (unpaired) electrons. The van der Waals surface area contributed by atoms with Gasteiger partial charge >= 0.3 is 12.0 Å². The molecule has 0 fully saturated rings. The van der Waals surface area contributed by atoms with Crippen molar-refractivity contribution in [2.24, 2.45) is 0 Å². The van der Waals surface area contributed by atoms with Crippen molar-refractivity contribution in [3.05, 3.63) is 27.0 Å². The standard InChI is InChI=1S/C15H20N4O2S/c1-8-9(2)21-15(17-8)19-14(20)16-7-11-5-4-6-12-13(11)18-10(3)22-12/h11H,4-7H2,1-3H3,(H2,16,17,19,20)/t11-/m1/s1. The largest absolute Gasteiger partial charge is 0.428 e. The third-order valence-electron chi connectivity index (χ3n) is 3.94. The molecule has 6 nitrogen and oxygen atoms in total. The minimum atomic E-state index is -0.291. The van der Waals surface area contributed by atoms with Crippen molar-refractivity contribution in [1.29, 1.82) is 0 Å². The molecule has 2 heterocycles. The first kappa shape index (κ1) is 15.0. The van der Waals surface area contributed by atoms with Gasteiger partial charge in [0.2, 0.25) is 0 Å². The monoisotopic (exact) mass is 320 g/mol. The van der Waals surface area contributed by atoms with E-state index in [4.69, 9.17) is 4.42 Å². The number of aromatic nitrogens is 2. The fraction of sp³-hybridized carbons (Fsp3) is 0.533. The second kappa shape index (κ2) is 6.08.